The first-order chi connectivity index (χ1) is 14.1. The Kier molecular flexibility index (Phi) is 5.35. The van der Waals surface area contributed by atoms with Crippen LogP contribution < -0.4 is 0 Å². The number of Topliss-reactive ketones (excluding diaryl/α,β-unsaturated/α-hetero) is 1. The fraction of sp³-hybridized carbons (Fsp3) is 0.0952. The zero-order valence-electron chi connectivity index (χ0n) is 15.2. The van der Waals surface area contributed by atoms with Gasteiger partial charge < -0.3 is 14.6 Å². The Morgan fingerprint density at radius 3 is 2.55 bits per heavy atom. The fourth-order valence-corrected chi connectivity index (χ4v) is 3.64. The summed E-state index contributed by atoms with van der Waals surface area (Å²) in [5.74, 6) is 0.750. The van der Waals surface area contributed by atoms with Gasteiger partial charge in [0.05, 0.1) is 18.6 Å². The number of thioether (sulfide) groups is 1. The third-order valence-corrected chi connectivity index (χ3v) is 5.24. The predicted molar refractivity (Wildman–Crippen MR) is 108 cm³/mol. The summed E-state index contributed by atoms with van der Waals surface area (Å²) in [4.78, 5) is 12.5. The lowest BCUT2D eigenvalue weighted by Gasteiger charge is -2.09. The van der Waals surface area contributed by atoms with Gasteiger partial charge in [0, 0.05) is 11.1 Å². The molecule has 2 aromatic heterocycles. The molecule has 0 unspecified atom stereocenters. The van der Waals surface area contributed by atoms with Crippen molar-refractivity contribution in [2.75, 3.05) is 5.75 Å². The molecule has 2 heterocycles. The quantitative estimate of drug-likeness (QED) is 0.271. The van der Waals surface area contributed by atoms with Gasteiger partial charge >= 0.3 is 0 Å². The van der Waals surface area contributed by atoms with Crippen molar-refractivity contribution in [1.29, 1.82) is 0 Å². The van der Waals surface area contributed by atoms with E-state index in [0.29, 0.717) is 23.1 Å². The van der Waals surface area contributed by atoms with Gasteiger partial charge in [0.25, 0.3) is 0 Å². The zero-order chi connectivity index (χ0) is 20.2. The van der Waals surface area contributed by atoms with Crippen molar-refractivity contribution >= 4 is 17.5 Å². The fourth-order valence-electron chi connectivity index (χ4n) is 2.81. The number of hydrogen-bond acceptors (Lipinski definition) is 7. The Morgan fingerprint density at radius 2 is 1.83 bits per heavy atom. The molecule has 0 bridgehead atoms. The van der Waals surface area contributed by atoms with Gasteiger partial charge in [-0.2, -0.15) is 0 Å². The highest BCUT2D eigenvalue weighted by atomic mass is 32.2. The van der Waals surface area contributed by atoms with E-state index in [1.807, 2.05) is 47.0 Å². The van der Waals surface area contributed by atoms with Crippen molar-refractivity contribution in [3.05, 3.63) is 78.3 Å². The normalized spacial score (nSPS) is 10.9. The minimum Gasteiger partial charge on any atom is -0.504 e. The third-order valence-electron chi connectivity index (χ3n) is 4.27. The van der Waals surface area contributed by atoms with Gasteiger partial charge in [0.2, 0.25) is 0 Å². The van der Waals surface area contributed by atoms with Gasteiger partial charge in [0.1, 0.15) is 5.76 Å². The van der Waals surface area contributed by atoms with Crippen LogP contribution in [0.2, 0.25) is 0 Å². The van der Waals surface area contributed by atoms with E-state index in [0.717, 1.165) is 11.3 Å². The molecule has 2 aromatic carbocycles. The average Bonchev–Trinajstić information content (AvgIpc) is 3.39. The lowest BCUT2D eigenvalue weighted by molar-refractivity contribution is 0.102. The van der Waals surface area contributed by atoms with Gasteiger partial charge in [-0.05, 0) is 30.3 Å². The molecule has 0 saturated carbocycles. The van der Waals surface area contributed by atoms with Crippen LogP contribution in [0.5, 0.6) is 11.5 Å². The highest BCUT2D eigenvalue weighted by Crippen LogP contribution is 2.28. The first-order valence-electron chi connectivity index (χ1n) is 8.81. The van der Waals surface area contributed by atoms with Crippen molar-refractivity contribution in [3.8, 4) is 22.9 Å². The summed E-state index contributed by atoms with van der Waals surface area (Å²) in [7, 11) is 0. The number of carbonyl (C=O) groups is 1. The molecule has 8 heteroatoms. The Hall–Kier alpha value is -3.52. The van der Waals surface area contributed by atoms with Crippen LogP contribution in [0.1, 0.15) is 16.1 Å². The molecule has 0 spiro atoms. The second-order valence-corrected chi connectivity index (χ2v) is 7.20. The molecule has 0 amide bonds. The number of phenolic OH excluding ortho intramolecular Hbond substituents is 2. The van der Waals surface area contributed by atoms with E-state index in [9.17, 15) is 15.0 Å². The Bertz CT molecular complexity index is 1120. The van der Waals surface area contributed by atoms with Crippen molar-refractivity contribution in [3.63, 3.8) is 0 Å². The molecule has 0 saturated heterocycles. The van der Waals surface area contributed by atoms with E-state index < -0.39 is 0 Å². The van der Waals surface area contributed by atoms with Crippen molar-refractivity contribution in [2.45, 2.75) is 11.7 Å². The van der Waals surface area contributed by atoms with Crippen LogP contribution in [0.4, 0.5) is 0 Å². The van der Waals surface area contributed by atoms with Crippen LogP contribution in [0.25, 0.3) is 11.4 Å². The molecular formula is C21H17N3O4S. The van der Waals surface area contributed by atoms with Crippen LogP contribution in [0, 0.1) is 0 Å². The highest BCUT2D eigenvalue weighted by molar-refractivity contribution is 7.99. The van der Waals surface area contributed by atoms with Gasteiger partial charge in [-0.1, -0.05) is 42.1 Å². The van der Waals surface area contributed by atoms with Crippen molar-refractivity contribution < 1.29 is 19.4 Å². The molecule has 0 radical (unpaired) electrons. The second-order valence-electron chi connectivity index (χ2n) is 6.25. The summed E-state index contributed by atoms with van der Waals surface area (Å²) < 4.78 is 7.37. The van der Waals surface area contributed by atoms with Crippen LogP contribution in [0.3, 0.4) is 0 Å². The molecule has 0 fully saturated rings. The van der Waals surface area contributed by atoms with Gasteiger partial charge in [-0.3, -0.25) is 9.36 Å². The number of rotatable bonds is 7. The summed E-state index contributed by atoms with van der Waals surface area (Å²) in [5, 5.41) is 28.2. The van der Waals surface area contributed by atoms with E-state index in [-0.39, 0.29) is 23.0 Å². The average molecular weight is 407 g/mol. The molecule has 146 valence electrons. The number of aromatic nitrogens is 3. The van der Waals surface area contributed by atoms with Crippen molar-refractivity contribution in [2.24, 2.45) is 0 Å². The van der Waals surface area contributed by atoms with Crippen molar-refractivity contribution in [1.82, 2.24) is 14.8 Å². The summed E-state index contributed by atoms with van der Waals surface area (Å²) in [6.07, 6.45) is 1.61. The Balaban J connectivity index is 1.58. The number of ketones is 1. The minimum atomic E-state index is -0.326. The molecule has 7 nitrogen and oxygen atoms in total. The summed E-state index contributed by atoms with van der Waals surface area (Å²) in [5.41, 5.74) is 1.22. The minimum absolute atomic E-state index is 0.106. The first kappa shape index (κ1) is 18.8. The van der Waals surface area contributed by atoms with Gasteiger partial charge in [-0.15, -0.1) is 10.2 Å². The summed E-state index contributed by atoms with van der Waals surface area (Å²) >= 11 is 1.25. The van der Waals surface area contributed by atoms with Crippen LogP contribution >= 0.6 is 11.8 Å². The van der Waals surface area contributed by atoms with Crippen LogP contribution in [-0.4, -0.2) is 36.5 Å². The largest absolute Gasteiger partial charge is 0.504 e. The number of aromatic hydroxyl groups is 2. The number of hydrogen-bond donors (Lipinski definition) is 2. The van der Waals surface area contributed by atoms with E-state index in [2.05, 4.69) is 10.2 Å². The van der Waals surface area contributed by atoms with Gasteiger partial charge in [0.15, 0.2) is 28.3 Å². The molecule has 4 rings (SSSR count). The Labute approximate surface area is 170 Å². The van der Waals surface area contributed by atoms with E-state index in [1.54, 1.807) is 6.26 Å². The molecule has 0 aliphatic carbocycles. The monoisotopic (exact) mass is 407 g/mol. The molecular weight excluding hydrogens is 390 g/mol. The lowest BCUT2D eigenvalue weighted by atomic mass is 10.1. The number of benzene rings is 2. The van der Waals surface area contributed by atoms with E-state index in [1.165, 1.54) is 30.0 Å². The topological polar surface area (TPSA) is 101 Å². The molecule has 4 aromatic rings. The van der Waals surface area contributed by atoms with Crippen LogP contribution in [-0.2, 0) is 6.54 Å². The molecule has 29 heavy (non-hydrogen) atoms. The SMILES string of the molecule is O=C(CSc1nnc(-c2ccccc2)n1Cc1ccco1)c1ccc(O)c(O)c1. The van der Waals surface area contributed by atoms with E-state index >= 15 is 0 Å². The molecule has 2 N–H and O–H groups in total. The van der Waals surface area contributed by atoms with E-state index in [4.69, 9.17) is 4.42 Å². The summed E-state index contributed by atoms with van der Waals surface area (Å²) in [6.45, 7) is 0.431. The highest BCUT2D eigenvalue weighted by Gasteiger charge is 2.18. The lowest BCUT2D eigenvalue weighted by Crippen LogP contribution is -2.06. The standard InChI is InChI=1S/C21H17N3O4S/c25-17-9-8-15(11-18(17)26)19(27)13-29-21-23-22-20(14-5-2-1-3-6-14)24(21)12-16-7-4-10-28-16/h1-11,25-26H,12-13H2. The maximum absolute atomic E-state index is 12.5. The molecule has 0 aliphatic heterocycles. The Morgan fingerprint density at radius 1 is 1.00 bits per heavy atom. The predicted octanol–water partition coefficient (Wildman–Crippen LogP) is 3.97. The molecule has 0 atom stereocenters. The zero-order valence-corrected chi connectivity index (χ0v) is 16.0. The van der Waals surface area contributed by atoms with Gasteiger partial charge in [-0.25, -0.2) is 0 Å². The number of carbonyl (C=O) groups excluding carboxylic acids is 1. The maximum atomic E-state index is 12.5. The smallest absolute Gasteiger partial charge is 0.192 e. The molecule has 0 aliphatic rings. The third kappa shape index (κ3) is 4.17. The number of furan rings is 1. The second kappa shape index (κ2) is 8.24. The summed E-state index contributed by atoms with van der Waals surface area (Å²) in [6, 6.07) is 17.4. The first-order valence-corrected chi connectivity index (χ1v) is 9.79. The number of phenols is 2. The maximum Gasteiger partial charge on any atom is 0.192 e. The van der Waals surface area contributed by atoms with Crippen LogP contribution in [0.15, 0.2) is 76.5 Å². The number of nitrogens with zero attached hydrogens (tertiary/aromatic N) is 3.